The number of aromatic nitrogens is 1. The molecule has 1 amide bonds. The lowest BCUT2D eigenvalue weighted by atomic mass is 10.0. The Labute approximate surface area is 181 Å². The van der Waals surface area contributed by atoms with E-state index in [0.29, 0.717) is 15.3 Å². The number of amides is 1. The second-order valence-corrected chi connectivity index (χ2v) is 7.58. The van der Waals surface area contributed by atoms with E-state index < -0.39 is 11.9 Å². The average molecular weight is 431 g/mol. The highest BCUT2D eigenvalue weighted by molar-refractivity contribution is 7.22. The first kappa shape index (κ1) is 20.2. The maximum atomic E-state index is 12.0. The first-order valence-corrected chi connectivity index (χ1v) is 10.1. The highest BCUT2D eigenvalue weighted by atomic mass is 32.1. The predicted molar refractivity (Wildman–Crippen MR) is 121 cm³/mol. The van der Waals surface area contributed by atoms with Gasteiger partial charge in [-0.3, -0.25) is 10.1 Å². The van der Waals surface area contributed by atoms with Crippen LogP contribution in [0.3, 0.4) is 0 Å². The van der Waals surface area contributed by atoms with Crippen LogP contribution < -0.4 is 5.32 Å². The Kier molecular flexibility index (Phi) is 6.00. The number of carbonyl (C=O) groups is 2. The van der Waals surface area contributed by atoms with Gasteiger partial charge in [0, 0.05) is 0 Å². The van der Waals surface area contributed by atoms with Gasteiger partial charge in [0.15, 0.2) is 11.7 Å². The molecular weight excluding hydrogens is 414 g/mol. The molecule has 0 atom stereocenters. The number of nitrogens with zero attached hydrogens (tertiary/aromatic N) is 2. The number of fused-ring (bicyclic) bond motifs is 1. The van der Waals surface area contributed by atoms with Crippen molar-refractivity contribution in [3.63, 3.8) is 0 Å². The molecule has 0 aliphatic heterocycles. The Balaban J connectivity index is 1.29. The molecule has 1 aromatic heterocycles. The molecule has 0 bridgehead atoms. The molecule has 31 heavy (non-hydrogen) atoms. The zero-order chi connectivity index (χ0) is 21.6. The van der Waals surface area contributed by atoms with Gasteiger partial charge >= 0.3 is 5.97 Å². The normalized spacial score (nSPS) is 11.0. The Morgan fingerprint density at radius 3 is 2.52 bits per heavy atom. The minimum absolute atomic E-state index is 0.170. The second kappa shape index (κ2) is 9.19. The van der Waals surface area contributed by atoms with E-state index in [4.69, 9.17) is 9.94 Å². The minimum Gasteiger partial charge on any atom is -0.478 e. The number of thiazole rings is 1. The third-order valence-corrected chi connectivity index (χ3v) is 5.31. The Morgan fingerprint density at radius 2 is 1.77 bits per heavy atom. The van der Waals surface area contributed by atoms with Crippen molar-refractivity contribution in [3.8, 4) is 11.1 Å². The number of hydrogen-bond acceptors (Lipinski definition) is 6. The van der Waals surface area contributed by atoms with Crippen molar-refractivity contribution in [1.29, 1.82) is 0 Å². The van der Waals surface area contributed by atoms with Crippen LogP contribution in [0.2, 0.25) is 0 Å². The Bertz CT molecular complexity index is 1250. The highest BCUT2D eigenvalue weighted by Crippen LogP contribution is 2.26. The molecule has 0 unspecified atom stereocenters. The summed E-state index contributed by atoms with van der Waals surface area (Å²) in [6.45, 7) is -0.269. The van der Waals surface area contributed by atoms with Gasteiger partial charge in [0.05, 0.1) is 22.0 Å². The van der Waals surface area contributed by atoms with Crippen LogP contribution in [0.15, 0.2) is 78.0 Å². The fourth-order valence-electron chi connectivity index (χ4n) is 2.85. The van der Waals surface area contributed by atoms with Crippen LogP contribution in [0.4, 0.5) is 5.13 Å². The smallest absolute Gasteiger partial charge is 0.335 e. The SMILES string of the molecule is O=C(CO/N=C/c1ccc(-c2ccccc2)cc1)Nc1nc2ccc(C(=O)O)cc2s1. The monoisotopic (exact) mass is 431 g/mol. The van der Waals surface area contributed by atoms with Crippen molar-refractivity contribution < 1.29 is 19.5 Å². The lowest BCUT2D eigenvalue weighted by molar-refractivity contribution is -0.120. The Hall–Kier alpha value is -4.04. The van der Waals surface area contributed by atoms with Gasteiger partial charge in [0.2, 0.25) is 0 Å². The van der Waals surface area contributed by atoms with E-state index in [-0.39, 0.29) is 12.2 Å². The van der Waals surface area contributed by atoms with Crippen molar-refractivity contribution in [2.45, 2.75) is 0 Å². The minimum atomic E-state index is -1.01. The molecule has 7 nitrogen and oxygen atoms in total. The van der Waals surface area contributed by atoms with Crippen LogP contribution in [0.5, 0.6) is 0 Å². The number of carbonyl (C=O) groups excluding carboxylic acids is 1. The zero-order valence-corrected chi connectivity index (χ0v) is 17.0. The quantitative estimate of drug-likeness (QED) is 0.328. The third-order valence-electron chi connectivity index (χ3n) is 4.37. The number of carboxylic acid groups (broad SMARTS) is 1. The average Bonchev–Trinajstić information content (AvgIpc) is 3.19. The third kappa shape index (κ3) is 5.12. The molecule has 4 aromatic rings. The molecule has 4 rings (SSSR count). The number of hydrogen-bond donors (Lipinski definition) is 2. The van der Waals surface area contributed by atoms with Crippen molar-refractivity contribution in [2.24, 2.45) is 5.16 Å². The number of anilines is 1. The van der Waals surface area contributed by atoms with Gasteiger partial charge in [-0.05, 0) is 34.9 Å². The van der Waals surface area contributed by atoms with E-state index in [9.17, 15) is 9.59 Å². The lowest BCUT2D eigenvalue weighted by Crippen LogP contribution is -2.16. The summed E-state index contributed by atoms with van der Waals surface area (Å²) in [5.41, 5.74) is 3.87. The van der Waals surface area contributed by atoms with Gasteiger partial charge in [0.25, 0.3) is 5.91 Å². The van der Waals surface area contributed by atoms with Gasteiger partial charge in [-0.25, -0.2) is 9.78 Å². The second-order valence-electron chi connectivity index (χ2n) is 6.55. The molecular formula is C23H17N3O4S. The molecule has 154 valence electrons. The van der Waals surface area contributed by atoms with Crippen molar-refractivity contribution in [2.75, 3.05) is 11.9 Å². The summed E-state index contributed by atoms with van der Waals surface area (Å²) < 4.78 is 0.674. The summed E-state index contributed by atoms with van der Waals surface area (Å²) in [5.74, 6) is -1.42. The van der Waals surface area contributed by atoms with Crippen molar-refractivity contribution >= 4 is 44.8 Å². The van der Waals surface area contributed by atoms with Gasteiger partial charge in [-0.1, -0.05) is 71.1 Å². The number of carboxylic acids is 1. The largest absolute Gasteiger partial charge is 0.478 e. The van der Waals surface area contributed by atoms with Crippen LogP contribution in [-0.2, 0) is 9.63 Å². The van der Waals surface area contributed by atoms with E-state index in [1.54, 1.807) is 6.07 Å². The van der Waals surface area contributed by atoms with Crippen molar-refractivity contribution in [1.82, 2.24) is 4.98 Å². The first-order valence-electron chi connectivity index (χ1n) is 9.33. The summed E-state index contributed by atoms with van der Waals surface area (Å²) in [7, 11) is 0. The summed E-state index contributed by atoms with van der Waals surface area (Å²) in [4.78, 5) is 32.4. The maximum absolute atomic E-state index is 12.0. The van der Waals surface area contributed by atoms with E-state index in [1.165, 1.54) is 29.7 Å². The molecule has 0 aliphatic carbocycles. The van der Waals surface area contributed by atoms with Gasteiger partial charge < -0.3 is 9.94 Å². The van der Waals surface area contributed by atoms with Crippen LogP contribution in [0.1, 0.15) is 15.9 Å². The molecule has 8 heteroatoms. The van der Waals surface area contributed by atoms with E-state index in [0.717, 1.165) is 16.7 Å². The molecule has 0 saturated carbocycles. The summed E-state index contributed by atoms with van der Waals surface area (Å²) >= 11 is 1.19. The van der Waals surface area contributed by atoms with Gasteiger partial charge in [-0.2, -0.15) is 0 Å². The number of rotatable bonds is 7. The summed E-state index contributed by atoms with van der Waals surface area (Å²) in [6, 6.07) is 22.5. The fourth-order valence-corrected chi connectivity index (χ4v) is 3.77. The zero-order valence-electron chi connectivity index (χ0n) is 16.2. The van der Waals surface area contributed by atoms with Crippen LogP contribution >= 0.6 is 11.3 Å². The van der Waals surface area contributed by atoms with E-state index in [1.807, 2.05) is 54.6 Å². The van der Waals surface area contributed by atoms with E-state index >= 15 is 0 Å². The van der Waals surface area contributed by atoms with Crippen LogP contribution in [0, 0.1) is 0 Å². The standard InChI is InChI=1S/C23H17N3O4S/c27-21(26-23-25-19-11-10-18(22(28)29)12-20(19)31-23)14-30-24-13-15-6-8-17(9-7-15)16-4-2-1-3-5-16/h1-13H,14H2,(H,28,29)(H,25,26,27)/b24-13+. The molecule has 0 aliphatic rings. The number of benzene rings is 3. The number of nitrogens with one attached hydrogen (secondary N) is 1. The fraction of sp³-hybridized carbons (Fsp3) is 0.0435. The number of oxime groups is 1. The summed E-state index contributed by atoms with van der Waals surface area (Å²) in [6.07, 6.45) is 1.53. The van der Waals surface area contributed by atoms with Gasteiger partial charge in [-0.15, -0.1) is 0 Å². The van der Waals surface area contributed by atoms with Gasteiger partial charge in [0.1, 0.15) is 0 Å². The topological polar surface area (TPSA) is 101 Å². The number of aromatic carboxylic acids is 1. The molecule has 0 saturated heterocycles. The van der Waals surface area contributed by atoms with E-state index in [2.05, 4.69) is 15.5 Å². The highest BCUT2D eigenvalue weighted by Gasteiger charge is 2.10. The van der Waals surface area contributed by atoms with Crippen molar-refractivity contribution in [3.05, 3.63) is 83.9 Å². The molecule has 1 heterocycles. The van der Waals surface area contributed by atoms with Crippen LogP contribution in [-0.4, -0.2) is 34.8 Å². The predicted octanol–water partition coefficient (Wildman–Crippen LogP) is 4.65. The molecule has 0 spiro atoms. The lowest BCUT2D eigenvalue weighted by Gasteiger charge is -2.02. The molecule has 0 radical (unpaired) electrons. The maximum Gasteiger partial charge on any atom is 0.335 e. The molecule has 0 fully saturated rings. The van der Waals surface area contributed by atoms with Crippen LogP contribution in [0.25, 0.3) is 21.3 Å². The summed E-state index contributed by atoms with van der Waals surface area (Å²) in [5, 5.41) is 15.9. The first-order chi connectivity index (χ1) is 15.1. The molecule has 2 N–H and O–H groups in total. The Morgan fingerprint density at radius 1 is 1.03 bits per heavy atom. The molecule has 3 aromatic carbocycles.